The number of carbonyl (C=O) groups excluding carboxylic acids is 1. The Balaban J connectivity index is 1.59. The van der Waals surface area contributed by atoms with Gasteiger partial charge in [-0.3, -0.25) is 4.79 Å². The van der Waals surface area contributed by atoms with Crippen molar-refractivity contribution in [1.29, 1.82) is 0 Å². The van der Waals surface area contributed by atoms with Crippen LogP contribution in [-0.4, -0.2) is 51.3 Å². The minimum Gasteiger partial charge on any atom is -0.308 e. The molecule has 5 heteroatoms. The van der Waals surface area contributed by atoms with Crippen LogP contribution in [0.15, 0.2) is 66.2 Å². The summed E-state index contributed by atoms with van der Waals surface area (Å²) in [5.74, 6) is 0.0243. The summed E-state index contributed by atoms with van der Waals surface area (Å²) in [7, 11) is 2.12. The molecule has 2 aliphatic heterocycles. The van der Waals surface area contributed by atoms with Gasteiger partial charge in [0.05, 0.1) is 11.7 Å². The number of pyridine rings is 1. The zero-order chi connectivity index (χ0) is 20.5. The van der Waals surface area contributed by atoms with Crippen LogP contribution in [0.3, 0.4) is 0 Å². The number of carbonyl (C=O) groups is 1. The number of aryl methyl sites for hydroxylation is 1. The standard InChI is InChI=1S/C24H28N4O/c1-17(20-9-11-26(4)12-10-20)13-24(29)28-16-22(6-5-19(28)3)21-7-8-23-25-18(2)14-27(23)15-21/h5-9,13-16,19H,10-12H2,1-4H3/b17-13+. The van der Waals surface area contributed by atoms with Crippen molar-refractivity contribution in [1.82, 2.24) is 19.2 Å². The predicted octanol–water partition coefficient (Wildman–Crippen LogP) is 3.98. The summed E-state index contributed by atoms with van der Waals surface area (Å²) in [5.41, 5.74) is 6.35. The molecule has 0 aliphatic carbocycles. The second-order valence-corrected chi connectivity index (χ2v) is 8.06. The molecule has 0 spiro atoms. The normalized spacial score (nSPS) is 20.8. The Kier molecular flexibility index (Phi) is 5.24. The van der Waals surface area contributed by atoms with Gasteiger partial charge in [0.25, 0.3) is 5.91 Å². The fourth-order valence-electron chi connectivity index (χ4n) is 3.85. The first kappa shape index (κ1) is 19.4. The lowest BCUT2D eigenvalue weighted by molar-refractivity contribution is -0.124. The van der Waals surface area contributed by atoms with Crippen LogP contribution in [0.5, 0.6) is 0 Å². The van der Waals surface area contributed by atoms with Crippen molar-refractivity contribution in [2.24, 2.45) is 0 Å². The van der Waals surface area contributed by atoms with E-state index in [-0.39, 0.29) is 11.9 Å². The van der Waals surface area contributed by atoms with Crippen molar-refractivity contribution < 1.29 is 4.79 Å². The van der Waals surface area contributed by atoms with Gasteiger partial charge in [0.2, 0.25) is 0 Å². The van der Waals surface area contributed by atoms with Crippen LogP contribution in [0.4, 0.5) is 0 Å². The Morgan fingerprint density at radius 3 is 2.86 bits per heavy atom. The molecular weight excluding hydrogens is 360 g/mol. The van der Waals surface area contributed by atoms with Crippen molar-refractivity contribution in [3.63, 3.8) is 0 Å². The average molecular weight is 389 g/mol. The quantitative estimate of drug-likeness (QED) is 0.747. The summed E-state index contributed by atoms with van der Waals surface area (Å²) in [5, 5.41) is 0. The maximum absolute atomic E-state index is 13.0. The van der Waals surface area contributed by atoms with E-state index in [1.54, 1.807) is 6.08 Å². The minimum atomic E-state index is 0.0243. The van der Waals surface area contributed by atoms with Crippen molar-refractivity contribution >= 4 is 17.1 Å². The Labute approximate surface area is 172 Å². The number of rotatable bonds is 3. The Hall–Kier alpha value is -2.92. The largest absolute Gasteiger partial charge is 0.308 e. The van der Waals surface area contributed by atoms with Crippen molar-refractivity contribution in [2.75, 3.05) is 20.1 Å². The highest BCUT2D eigenvalue weighted by molar-refractivity contribution is 5.92. The molecule has 1 amide bonds. The van der Waals surface area contributed by atoms with E-state index < -0.39 is 0 Å². The number of amides is 1. The number of likely N-dealkylation sites (N-methyl/N-ethyl adjacent to an activating group) is 1. The molecule has 0 bridgehead atoms. The Morgan fingerprint density at radius 2 is 2.10 bits per heavy atom. The van der Waals surface area contributed by atoms with Crippen molar-refractivity contribution in [3.8, 4) is 0 Å². The fraction of sp³-hybridized carbons (Fsp3) is 0.333. The molecule has 0 saturated heterocycles. The van der Waals surface area contributed by atoms with Crippen LogP contribution in [0.1, 0.15) is 31.5 Å². The van der Waals surface area contributed by atoms with Crippen molar-refractivity contribution in [3.05, 3.63) is 77.4 Å². The van der Waals surface area contributed by atoms with Crippen LogP contribution in [-0.2, 0) is 4.79 Å². The highest BCUT2D eigenvalue weighted by Crippen LogP contribution is 2.25. The molecule has 29 heavy (non-hydrogen) atoms. The van der Waals surface area contributed by atoms with Crippen molar-refractivity contribution in [2.45, 2.75) is 33.2 Å². The molecule has 4 rings (SSSR count). The lowest BCUT2D eigenvalue weighted by Crippen LogP contribution is -2.33. The summed E-state index contributed by atoms with van der Waals surface area (Å²) in [6.45, 7) is 8.05. The van der Waals surface area contributed by atoms with Crippen LogP contribution >= 0.6 is 0 Å². The van der Waals surface area contributed by atoms with Crippen LogP contribution < -0.4 is 0 Å². The molecule has 1 atom stereocenters. The molecule has 4 heterocycles. The molecule has 0 saturated carbocycles. The zero-order valence-electron chi connectivity index (χ0n) is 17.6. The number of hydrogen-bond donors (Lipinski definition) is 0. The number of nitrogens with zero attached hydrogens (tertiary/aromatic N) is 4. The first-order valence-electron chi connectivity index (χ1n) is 10.1. The second kappa shape index (κ2) is 7.84. The number of fused-ring (bicyclic) bond motifs is 1. The topological polar surface area (TPSA) is 40.9 Å². The third-order valence-electron chi connectivity index (χ3n) is 5.69. The molecule has 2 aromatic rings. The average Bonchev–Trinajstić information content (AvgIpc) is 3.07. The van der Waals surface area contributed by atoms with E-state index in [1.165, 1.54) is 5.57 Å². The molecule has 2 aromatic heterocycles. The lowest BCUT2D eigenvalue weighted by Gasteiger charge is -2.27. The van der Waals surface area contributed by atoms with E-state index in [0.717, 1.165) is 47.6 Å². The highest BCUT2D eigenvalue weighted by Gasteiger charge is 2.20. The molecule has 0 radical (unpaired) electrons. The molecule has 150 valence electrons. The van der Waals surface area contributed by atoms with E-state index >= 15 is 0 Å². The molecule has 2 aliphatic rings. The van der Waals surface area contributed by atoms with Crippen LogP contribution in [0.25, 0.3) is 11.2 Å². The Morgan fingerprint density at radius 1 is 1.28 bits per heavy atom. The van der Waals surface area contributed by atoms with Gasteiger partial charge < -0.3 is 14.2 Å². The summed E-state index contributed by atoms with van der Waals surface area (Å²) in [4.78, 5) is 21.6. The van der Waals surface area contributed by atoms with Crippen LogP contribution in [0, 0.1) is 6.92 Å². The van der Waals surface area contributed by atoms with Gasteiger partial charge in [-0.15, -0.1) is 0 Å². The van der Waals surface area contributed by atoms with E-state index in [0.29, 0.717) is 0 Å². The summed E-state index contributed by atoms with van der Waals surface area (Å²) in [6, 6.07) is 4.10. The highest BCUT2D eigenvalue weighted by atomic mass is 16.2. The van der Waals surface area contributed by atoms with E-state index in [4.69, 9.17) is 0 Å². The molecule has 5 nitrogen and oxygen atoms in total. The van der Waals surface area contributed by atoms with Gasteiger partial charge in [-0.2, -0.15) is 0 Å². The first-order valence-corrected chi connectivity index (χ1v) is 10.1. The lowest BCUT2D eigenvalue weighted by atomic mass is 9.99. The predicted molar refractivity (Wildman–Crippen MR) is 117 cm³/mol. The van der Waals surface area contributed by atoms with Gasteiger partial charge in [-0.25, -0.2) is 4.98 Å². The monoisotopic (exact) mass is 388 g/mol. The van der Waals surface area contributed by atoms with Gasteiger partial charge in [0, 0.05) is 37.8 Å². The number of allylic oxidation sites excluding steroid dienone is 3. The van der Waals surface area contributed by atoms with Gasteiger partial charge >= 0.3 is 0 Å². The maximum atomic E-state index is 13.0. The van der Waals surface area contributed by atoms with Crippen LogP contribution in [0.2, 0.25) is 0 Å². The second-order valence-electron chi connectivity index (χ2n) is 8.06. The smallest absolute Gasteiger partial charge is 0.251 e. The summed E-state index contributed by atoms with van der Waals surface area (Å²) < 4.78 is 2.03. The van der Waals surface area contributed by atoms with E-state index in [2.05, 4.69) is 47.4 Å². The van der Waals surface area contributed by atoms with E-state index in [9.17, 15) is 4.79 Å². The van der Waals surface area contributed by atoms with E-state index in [1.807, 2.05) is 48.5 Å². The van der Waals surface area contributed by atoms with Gasteiger partial charge in [-0.1, -0.05) is 18.2 Å². The third-order valence-corrected chi connectivity index (χ3v) is 5.69. The maximum Gasteiger partial charge on any atom is 0.251 e. The molecule has 0 fully saturated rings. The minimum absolute atomic E-state index is 0.0243. The number of imidazole rings is 1. The molecule has 0 N–H and O–H groups in total. The fourth-order valence-corrected chi connectivity index (χ4v) is 3.85. The zero-order valence-corrected chi connectivity index (χ0v) is 17.6. The van der Waals surface area contributed by atoms with Gasteiger partial charge in [0.1, 0.15) is 5.65 Å². The van der Waals surface area contributed by atoms with Gasteiger partial charge in [-0.05, 0) is 68.7 Å². The van der Waals surface area contributed by atoms with Gasteiger partial charge in [0.15, 0.2) is 0 Å². The number of hydrogen-bond acceptors (Lipinski definition) is 3. The molecule has 1 unspecified atom stereocenters. The molecule has 0 aromatic carbocycles. The summed E-state index contributed by atoms with van der Waals surface area (Å²) in [6.07, 6.45) is 15.2. The number of aromatic nitrogens is 2. The molecular formula is C24H28N4O. The first-order chi connectivity index (χ1) is 13.9. The summed E-state index contributed by atoms with van der Waals surface area (Å²) >= 11 is 0. The SMILES string of the molecule is C/C(=C\C(=O)N1C=C(c2ccc3nc(C)cn3c2)C=CC1C)C1=CCN(C)CC1. The third kappa shape index (κ3) is 4.10. The Bertz CT molecular complexity index is 1070.